The molecular weight excluding hydrogens is 406 g/mol. The van der Waals surface area contributed by atoms with Gasteiger partial charge in [0, 0.05) is 19.2 Å². The Morgan fingerprint density at radius 3 is 2.39 bits per heavy atom. The molecule has 0 saturated carbocycles. The monoisotopic (exact) mass is 437 g/mol. The molecule has 1 aromatic heterocycles. The molecule has 0 saturated heterocycles. The van der Waals surface area contributed by atoms with E-state index in [0.29, 0.717) is 19.3 Å². The van der Waals surface area contributed by atoms with Crippen molar-refractivity contribution in [3.63, 3.8) is 0 Å². The number of hydrogen-bond acceptors (Lipinski definition) is 4. The number of rotatable bonds is 9. The van der Waals surface area contributed by atoms with E-state index < -0.39 is 5.41 Å². The molecule has 0 aliphatic rings. The number of anilines is 1. The predicted octanol–water partition coefficient (Wildman–Crippen LogP) is 5.30. The van der Waals surface area contributed by atoms with E-state index in [1.165, 1.54) is 0 Å². The Bertz CT molecular complexity index is 1020. The van der Waals surface area contributed by atoms with Crippen molar-refractivity contribution in [2.45, 2.75) is 46.5 Å². The molecule has 0 aliphatic heterocycles. The maximum Gasteiger partial charge on any atom is 0.243 e. The fraction of sp³-hybridized carbons (Fsp3) is 0.400. The number of likely N-dealkylation sites (N-methyl/N-ethyl adjacent to an activating group) is 1. The average molecular weight is 438 g/mol. The fourth-order valence-electron chi connectivity index (χ4n) is 4.00. The summed E-state index contributed by atoms with van der Waals surface area (Å²) in [7, 11) is 1.71. The standard InChI is InChI=1S/C25H31N3O2S/c1-5-18-12-8-9-13-19(18)26-22(29)17-28(4)24(30)25(6-2,7-3)16-23-27-20-14-10-11-15-21(20)31-23/h8-15H,5-7,16-17H2,1-4H3,(H,26,29). The zero-order valence-electron chi connectivity index (χ0n) is 18.8. The van der Waals surface area contributed by atoms with E-state index in [2.05, 4.69) is 18.3 Å². The molecule has 0 aliphatic carbocycles. The van der Waals surface area contributed by atoms with Crippen LogP contribution in [-0.2, 0) is 22.4 Å². The van der Waals surface area contributed by atoms with Crippen molar-refractivity contribution in [1.82, 2.24) is 9.88 Å². The van der Waals surface area contributed by atoms with Crippen molar-refractivity contribution < 1.29 is 9.59 Å². The maximum atomic E-state index is 13.5. The lowest BCUT2D eigenvalue weighted by Gasteiger charge is -2.33. The third kappa shape index (κ3) is 5.13. The Kier molecular flexibility index (Phi) is 7.44. The number of aryl methyl sites for hydroxylation is 1. The molecule has 31 heavy (non-hydrogen) atoms. The Balaban J connectivity index is 1.72. The van der Waals surface area contributed by atoms with Crippen LogP contribution in [0.2, 0.25) is 0 Å². The number of carbonyl (C=O) groups is 2. The molecule has 6 heteroatoms. The normalized spacial score (nSPS) is 11.5. The Morgan fingerprint density at radius 1 is 1.03 bits per heavy atom. The van der Waals surface area contributed by atoms with Crippen LogP contribution in [-0.4, -0.2) is 35.3 Å². The summed E-state index contributed by atoms with van der Waals surface area (Å²) in [4.78, 5) is 32.4. The van der Waals surface area contributed by atoms with Gasteiger partial charge in [-0.05, 0) is 43.0 Å². The Labute approximate surface area is 188 Å². The highest BCUT2D eigenvalue weighted by molar-refractivity contribution is 7.18. The molecular formula is C25H31N3O2S. The summed E-state index contributed by atoms with van der Waals surface area (Å²) in [6.07, 6.45) is 2.82. The molecule has 3 rings (SSSR count). The van der Waals surface area contributed by atoms with Gasteiger partial charge in [-0.15, -0.1) is 11.3 Å². The second-order valence-corrected chi connectivity index (χ2v) is 9.07. The van der Waals surface area contributed by atoms with Gasteiger partial charge < -0.3 is 10.2 Å². The molecule has 0 spiro atoms. The lowest BCUT2D eigenvalue weighted by molar-refractivity contribution is -0.143. The first kappa shape index (κ1) is 22.9. The van der Waals surface area contributed by atoms with E-state index in [1.807, 2.05) is 56.3 Å². The van der Waals surface area contributed by atoms with Gasteiger partial charge in [-0.3, -0.25) is 9.59 Å². The van der Waals surface area contributed by atoms with Gasteiger partial charge in [-0.1, -0.05) is 51.1 Å². The number of thiazole rings is 1. The van der Waals surface area contributed by atoms with Gasteiger partial charge >= 0.3 is 0 Å². The second kappa shape index (κ2) is 10.1. The molecule has 2 aromatic carbocycles. The minimum absolute atomic E-state index is 0.00400. The van der Waals surface area contributed by atoms with Crippen LogP contribution in [0.5, 0.6) is 0 Å². The van der Waals surface area contributed by atoms with E-state index in [0.717, 1.165) is 32.9 Å². The van der Waals surface area contributed by atoms with E-state index in [4.69, 9.17) is 4.98 Å². The molecule has 0 bridgehead atoms. The molecule has 0 atom stereocenters. The zero-order chi connectivity index (χ0) is 22.4. The van der Waals surface area contributed by atoms with Crippen LogP contribution in [0.1, 0.15) is 44.2 Å². The number of amides is 2. The van der Waals surface area contributed by atoms with E-state index in [1.54, 1.807) is 23.3 Å². The Hall–Kier alpha value is -2.73. The highest BCUT2D eigenvalue weighted by Gasteiger charge is 2.38. The van der Waals surface area contributed by atoms with Crippen LogP contribution in [0.25, 0.3) is 10.2 Å². The van der Waals surface area contributed by atoms with Crippen LogP contribution in [0, 0.1) is 5.41 Å². The summed E-state index contributed by atoms with van der Waals surface area (Å²) < 4.78 is 1.13. The number of hydrogen-bond donors (Lipinski definition) is 1. The van der Waals surface area contributed by atoms with Crippen molar-refractivity contribution in [2.75, 3.05) is 18.9 Å². The van der Waals surface area contributed by atoms with Gasteiger partial charge in [0.1, 0.15) is 0 Å². The summed E-state index contributed by atoms with van der Waals surface area (Å²) >= 11 is 1.64. The van der Waals surface area contributed by atoms with Crippen LogP contribution < -0.4 is 5.32 Å². The molecule has 0 fully saturated rings. The third-order valence-electron chi connectivity index (χ3n) is 6.03. The van der Waals surface area contributed by atoms with E-state index in [9.17, 15) is 9.59 Å². The highest BCUT2D eigenvalue weighted by atomic mass is 32.1. The molecule has 0 unspecified atom stereocenters. The molecule has 1 N–H and O–H groups in total. The summed E-state index contributed by atoms with van der Waals surface area (Å²) in [6.45, 7) is 6.16. The van der Waals surface area contributed by atoms with Gasteiger partial charge in [0.25, 0.3) is 0 Å². The number of benzene rings is 2. The van der Waals surface area contributed by atoms with Crippen molar-refractivity contribution in [2.24, 2.45) is 5.41 Å². The van der Waals surface area contributed by atoms with Gasteiger partial charge in [0.05, 0.1) is 27.2 Å². The first-order chi connectivity index (χ1) is 14.9. The first-order valence-corrected chi connectivity index (χ1v) is 11.7. The Morgan fingerprint density at radius 2 is 1.71 bits per heavy atom. The lowest BCUT2D eigenvalue weighted by atomic mass is 9.78. The molecule has 1 heterocycles. The van der Waals surface area contributed by atoms with Gasteiger partial charge in [0.15, 0.2) is 0 Å². The quantitative estimate of drug-likeness (QED) is 0.494. The van der Waals surface area contributed by atoms with Gasteiger partial charge in [-0.2, -0.15) is 0 Å². The number of carbonyl (C=O) groups excluding carboxylic acids is 2. The van der Waals surface area contributed by atoms with Crippen molar-refractivity contribution in [3.05, 3.63) is 59.1 Å². The van der Waals surface area contributed by atoms with Crippen molar-refractivity contribution in [1.29, 1.82) is 0 Å². The fourth-order valence-corrected chi connectivity index (χ4v) is 5.11. The predicted molar refractivity (Wildman–Crippen MR) is 128 cm³/mol. The minimum atomic E-state index is -0.565. The minimum Gasteiger partial charge on any atom is -0.336 e. The van der Waals surface area contributed by atoms with Gasteiger partial charge in [0.2, 0.25) is 11.8 Å². The van der Waals surface area contributed by atoms with Crippen LogP contribution in [0.3, 0.4) is 0 Å². The third-order valence-corrected chi connectivity index (χ3v) is 7.07. The van der Waals surface area contributed by atoms with Crippen LogP contribution >= 0.6 is 11.3 Å². The highest BCUT2D eigenvalue weighted by Crippen LogP contribution is 2.35. The topological polar surface area (TPSA) is 62.3 Å². The summed E-state index contributed by atoms with van der Waals surface area (Å²) in [5.74, 6) is -0.187. The number of fused-ring (bicyclic) bond motifs is 1. The van der Waals surface area contributed by atoms with E-state index in [-0.39, 0.29) is 18.4 Å². The zero-order valence-corrected chi connectivity index (χ0v) is 19.6. The van der Waals surface area contributed by atoms with Gasteiger partial charge in [-0.25, -0.2) is 4.98 Å². The smallest absolute Gasteiger partial charge is 0.243 e. The molecule has 2 amide bonds. The summed E-state index contributed by atoms with van der Waals surface area (Å²) in [5, 5.41) is 3.92. The van der Waals surface area contributed by atoms with Crippen molar-refractivity contribution >= 4 is 39.1 Å². The molecule has 164 valence electrons. The average Bonchev–Trinajstić information content (AvgIpc) is 3.19. The number of para-hydroxylation sites is 2. The largest absolute Gasteiger partial charge is 0.336 e. The summed E-state index contributed by atoms with van der Waals surface area (Å²) in [5.41, 5.74) is 2.29. The number of aromatic nitrogens is 1. The summed E-state index contributed by atoms with van der Waals surface area (Å²) in [6, 6.07) is 15.8. The molecule has 0 radical (unpaired) electrons. The van der Waals surface area contributed by atoms with E-state index >= 15 is 0 Å². The van der Waals surface area contributed by atoms with Crippen LogP contribution in [0.15, 0.2) is 48.5 Å². The second-order valence-electron chi connectivity index (χ2n) is 7.96. The maximum absolute atomic E-state index is 13.5. The SMILES string of the molecule is CCc1ccccc1NC(=O)CN(C)C(=O)C(CC)(CC)Cc1nc2ccccc2s1. The first-order valence-electron chi connectivity index (χ1n) is 10.9. The van der Waals surface area contributed by atoms with Crippen LogP contribution in [0.4, 0.5) is 5.69 Å². The van der Waals surface area contributed by atoms with Crippen molar-refractivity contribution in [3.8, 4) is 0 Å². The molecule has 5 nitrogen and oxygen atoms in total. The molecule has 3 aromatic rings. The lowest BCUT2D eigenvalue weighted by Crippen LogP contribution is -2.45. The number of nitrogens with zero attached hydrogens (tertiary/aromatic N) is 2. The number of nitrogens with one attached hydrogen (secondary N) is 1.